The molecule has 1 aromatic carbocycles. The van der Waals surface area contributed by atoms with Gasteiger partial charge in [0, 0.05) is 18.7 Å². The Morgan fingerprint density at radius 2 is 1.97 bits per heavy atom. The van der Waals surface area contributed by atoms with Crippen LogP contribution in [0.5, 0.6) is 11.5 Å². The van der Waals surface area contributed by atoms with Crippen molar-refractivity contribution in [3.8, 4) is 34.1 Å². The predicted molar refractivity (Wildman–Crippen MR) is 131 cm³/mol. The lowest BCUT2D eigenvalue weighted by Crippen LogP contribution is -2.52. The fourth-order valence-corrected chi connectivity index (χ4v) is 5.75. The number of fused-ring (bicyclic) bond motifs is 2. The van der Waals surface area contributed by atoms with E-state index >= 15 is 4.39 Å². The van der Waals surface area contributed by atoms with Gasteiger partial charge in [0.05, 0.1) is 30.6 Å². The van der Waals surface area contributed by atoms with Gasteiger partial charge in [0.1, 0.15) is 23.4 Å². The van der Waals surface area contributed by atoms with Crippen molar-refractivity contribution in [1.29, 1.82) is 0 Å². The van der Waals surface area contributed by atoms with Gasteiger partial charge in [-0.1, -0.05) is 19.4 Å². The highest BCUT2D eigenvalue weighted by molar-refractivity contribution is 5.71. The lowest BCUT2D eigenvalue weighted by atomic mass is 9.60. The largest absolute Gasteiger partial charge is 0.507 e. The van der Waals surface area contributed by atoms with E-state index in [0.29, 0.717) is 39.9 Å². The predicted octanol–water partition coefficient (Wildman–Crippen LogP) is 4.76. The molecule has 0 radical (unpaired) electrons. The number of phenols is 1. The Morgan fingerprint density at radius 3 is 2.69 bits per heavy atom. The number of anilines is 1. The highest BCUT2D eigenvalue weighted by Crippen LogP contribution is 2.50. The van der Waals surface area contributed by atoms with Crippen molar-refractivity contribution in [3.05, 3.63) is 36.2 Å². The minimum absolute atomic E-state index is 0.00333. The molecule has 3 aromatic rings. The molecule has 9 heteroatoms. The zero-order valence-corrected chi connectivity index (χ0v) is 20.6. The van der Waals surface area contributed by atoms with Crippen LogP contribution in [0.2, 0.25) is 0 Å². The molecular weight excluding hydrogens is 447 g/mol. The van der Waals surface area contributed by atoms with Gasteiger partial charge in [-0.2, -0.15) is 5.10 Å². The highest BCUT2D eigenvalue weighted by Gasteiger charge is 2.47. The Morgan fingerprint density at radius 1 is 1.14 bits per heavy atom. The van der Waals surface area contributed by atoms with Crippen molar-refractivity contribution in [1.82, 2.24) is 25.4 Å². The van der Waals surface area contributed by atoms with Crippen LogP contribution in [0.1, 0.15) is 44.7 Å². The van der Waals surface area contributed by atoms with Crippen molar-refractivity contribution in [2.45, 2.75) is 58.2 Å². The summed E-state index contributed by atoms with van der Waals surface area (Å²) in [4.78, 5) is 6.32. The maximum absolute atomic E-state index is 15.3. The molecule has 2 aliphatic rings. The molecule has 1 N–H and O–H groups in total. The molecule has 2 bridgehead atoms. The van der Waals surface area contributed by atoms with Gasteiger partial charge < -0.3 is 14.7 Å². The van der Waals surface area contributed by atoms with Crippen LogP contribution in [0.25, 0.3) is 22.6 Å². The molecule has 0 amide bonds. The van der Waals surface area contributed by atoms with E-state index in [2.05, 4.69) is 32.3 Å². The molecule has 2 saturated carbocycles. The molecule has 184 valence electrons. The van der Waals surface area contributed by atoms with Crippen LogP contribution in [-0.4, -0.2) is 56.9 Å². The van der Waals surface area contributed by atoms with Gasteiger partial charge in [-0.25, -0.2) is 9.37 Å². The van der Waals surface area contributed by atoms with Crippen LogP contribution in [0.3, 0.4) is 0 Å². The van der Waals surface area contributed by atoms with Gasteiger partial charge in [-0.05, 0) is 56.1 Å². The van der Waals surface area contributed by atoms with Crippen LogP contribution >= 0.6 is 0 Å². The quantitative estimate of drug-likeness (QED) is 0.561. The van der Waals surface area contributed by atoms with Crippen molar-refractivity contribution in [2.75, 3.05) is 19.1 Å². The molecule has 0 unspecified atom stereocenters. The fraction of sp³-hybridized carbons (Fsp3) is 0.500. The third kappa shape index (κ3) is 4.39. The number of alkyl halides is 1. The second-order valence-electron chi connectivity index (χ2n) is 10.2. The average molecular weight is 479 g/mol. The summed E-state index contributed by atoms with van der Waals surface area (Å²) in [5.41, 5.74) is 2.59. The second kappa shape index (κ2) is 9.02. The van der Waals surface area contributed by atoms with Crippen molar-refractivity contribution >= 4 is 5.82 Å². The van der Waals surface area contributed by atoms with Crippen molar-refractivity contribution < 1.29 is 14.2 Å². The summed E-state index contributed by atoms with van der Waals surface area (Å²) in [5, 5.41) is 27.6. The Balaban J connectivity index is 1.36. The number of aryl methyl sites for hydroxylation is 1. The average Bonchev–Trinajstić information content (AvgIpc) is 2.86. The summed E-state index contributed by atoms with van der Waals surface area (Å²) in [7, 11) is 3.45. The van der Waals surface area contributed by atoms with E-state index in [4.69, 9.17) is 4.74 Å². The number of benzene rings is 1. The molecule has 2 heterocycles. The molecule has 0 spiro atoms. The Labute approximate surface area is 204 Å². The van der Waals surface area contributed by atoms with E-state index in [1.807, 2.05) is 24.9 Å². The number of rotatable bonds is 5. The molecular formula is C26H31FN6O2. The van der Waals surface area contributed by atoms with E-state index in [1.165, 1.54) is 0 Å². The van der Waals surface area contributed by atoms with E-state index in [9.17, 15) is 5.11 Å². The maximum Gasteiger partial charge on any atom is 0.185 e. The van der Waals surface area contributed by atoms with Gasteiger partial charge in [0.15, 0.2) is 11.6 Å². The lowest BCUT2D eigenvalue weighted by Gasteiger charge is -2.50. The first-order valence-corrected chi connectivity index (χ1v) is 12.1. The number of methoxy groups -OCH3 is 1. The first-order valence-electron chi connectivity index (χ1n) is 12.1. The number of ether oxygens (including phenoxy) is 1. The third-order valence-corrected chi connectivity index (χ3v) is 7.72. The summed E-state index contributed by atoms with van der Waals surface area (Å²) in [5.74, 6) is 1.57. The lowest BCUT2D eigenvalue weighted by molar-refractivity contribution is 0.0113. The maximum atomic E-state index is 15.3. The molecule has 2 aromatic heterocycles. The van der Waals surface area contributed by atoms with Gasteiger partial charge in [0.2, 0.25) is 0 Å². The number of phenolic OH excluding ortho intramolecular Hbond substituents is 1. The minimum Gasteiger partial charge on any atom is -0.507 e. The van der Waals surface area contributed by atoms with Crippen molar-refractivity contribution in [2.24, 2.45) is 11.3 Å². The number of nitrogens with zero attached hydrogens (tertiary/aromatic N) is 6. The summed E-state index contributed by atoms with van der Waals surface area (Å²) < 4.78 is 20.6. The first-order chi connectivity index (χ1) is 16.8. The molecule has 8 nitrogen and oxygen atoms in total. The van der Waals surface area contributed by atoms with Crippen LogP contribution in [0.15, 0.2) is 30.5 Å². The number of hydrogen-bond donors (Lipinski definition) is 1. The summed E-state index contributed by atoms with van der Waals surface area (Å²) in [6.07, 6.45) is 5.72. The zero-order chi connectivity index (χ0) is 24.7. The molecule has 0 saturated heterocycles. The number of halogens is 1. The zero-order valence-electron chi connectivity index (χ0n) is 20.6. The minimum atomic E-state index is -0.880. The molecule has 5 rings (SSSR count). The van der Waals surface area contributed by atoms with Crippen molar-refractivity contribution in [3.63, 3.8) is 0 Å². The molecule has 4 atom stereocenters. The number of hydrogen-bond acceptors (Lipinski definition) is 8. The third-order valence-electron chi connectivity index (χ3n) is 7.72. The van der Waals surface area contributed by atoms with E-state index < -0.39 is 6.17 Å². The highest BCUT2D eigenvalue weighted by atomic mass is 19.1. The SMILES string of the molecule is COc1cc(-c2ccc(-c3ncc(N(C)[C@H]4C[C@]5(C)CCC[C@@H](C5)[C@H]4F)nn3)c(O)c2)nnc1C. The standard InChI is InChI=1S/C26H31FN6O2/c1-15-22(35-4)11-19(30-29-15)16-7-8-18(21(34)10-16)25-28-14-23(31-32-25)33(3)20-13-26(2)9-5-6-17(12-26)24(20)27/h7-8,10-11,14,17,20,24,34H,5-6,9,12-13H2,1-4H3/t17-,20-,24+,26+/m0/s1. The number of aromatic nitrogens is 5. The topological polar surface area (TPSA) is 97.2 Å². The fourth-order valence-electron chi connectivity index (χ4n) is 5.75. The summed E-state index contributed by atoms with van der Waals surface area (Å²) in [6, 6.07) is 6.66. The molecule has 2 fully saturated rings. The van der Waals surface area contributed by atoms with Gasteiger partial charge in [-0.3, -0.25) is 0 Å². The van der Waals surface area contributed by atoms with E-state index in [1.54, 1.807) is 31.5 Å². The van der Waals surface area contributed by atoms with Gasteiger partial charge in [-0.15, -0.1) is 15.3 Å². The smallest absolute Gasteiger partial charge is 0.185 e. The Hall–Kier alpha value is -3.36. The molecule has 2 aliphatic carbocycles. The van der Waals surface area contributed by atoms with Crippen LogP contribution in [-0.2, 0) is 0 Å². The monoisotopic (exact) mass is 478 g/mol. The molecule has 0 aliphatic heterocycles. The summed E-state index contributed by atoms with van der Waals surface area (Å²) in [6.45, 7) is 4.10. The van der Waals surface area contributed by atoms with Gasteiger partial charge >= 0.3 is 0 Å². The normalized spacial score (nSPS) is 25.8. The van der Waals surface area contributed by atoms with E-state index in [-0.39, 0.29) is 23.1 Å². The molecule has 35 heavy (non-hydrogen) atoms. The van der Waals surface area contributed by atoms with Crippen LogP contribution < -0.4 is 9.64 Å². The van der Waals surface area contributed by atoms with Gasteiger partial charge in [0.25, 0.3) is 0 Å². The van der Waals surface area contributed by atoms with Crippen LogP contribution in [0.4, 0.5) is 10.2 Å². The van der Waals surface area contributed by atoms with Crippen LogP contribution in [0, 0.1) is 18.3 Å². The second-order valence-corrected chi connectivity index (χ2v) is 10.2. The first kappa shape index (κ1) is 23.4. The van der Waals surface area contributed by atoms with E-state index in [0.717, 1.165) is 32.1 Å². The Bertz CT molecular complexity index is 1220. The number of aromatic hydroxyl groups is 1. The Kier molecular flexibility index (Phi) is 6.02. The summed E-state index contributed by atoms with van der Waals surface area (Å²) >= 11 is 0.